The predicted molar refractivity (Wildman–Crippen MR) is 279 cm³/mol. The van der Waals surface area contributed by atoms with Crippen LogP contribution < -0.4 is 30.3 Å². The third-order valence-electron chi connectivity index (χ3n) is 16.4. The number of anilines is 3. The minimum atomic E-state index is -4.96. The average Bonchev–Trinajstić information content (AvgIpc) is 3.79. The molecule has 17 nitrogen and oxygen atoms in total. The Hall–Kier alpha value is -5.23. The summed E-state index contributed by atoms with van der Waals surface area (Å²) in [6.07, 6.45) is 3.21. The lowest BCUT2D eigenvalue weighted by Gasteiger charge is -2.37. The molecule has 0 aromatic heterocycles. The molecule has 3 aliphatic carbocycles. The van der Waals surface area contributed by atoms with Crippen molar-refractivity contribution in [1.82, 2.24) is 15.5 Å². The van der Waals surface area contributed by atoms with Crippen molar-refractivity contribution in [3.8, 4) is 5.75 Å². The molecule has 6 aliphatic rings. The summed E-state index contributed by atoms with van der Waals surface area (Å²) in [6.45, 7) is 5.96. The van der Waals surface area contributed by atoms with Crippen LogP contribution in [0.4, 0.5) is 17.1 Å². The average molecular weight is 1080 g/mol. The maximum atomic E-state index is 15.1. The number of fused-ring (bicyclic) bond motifs is 6. The number of alkyl halides is 2. The summed E-state index contributed by atoms with van der Waals surface area (Å²) in [5, 5.41) is 10.7. The van der Waals surface area contributed by atoms with Crippen molar-refractivity contribution in [3.63, 3.8) is 0 Å². The molecule has 4 fully saturated rings. The molecule has 73 heavy (non-hydrogen) atoms. The summed E-state index contributed by atoms with van der Waals surface area (Å²) in [5.74, 6) is -2.62. The van der Waals surface area contributed by atoms with Crippen molar-refractivity contribution in [2.24, 2.45) is 22.2 Å². The van der Waals surface area contributed by atoms with E-state index in [0.717, 1.165) is 16.5 Å². The zero-order chi connectivity index (χ0) is 52.1. The first kappa shape index (κ1) is 51.3. The van der Waals surface area contributed by atoms with Gasteiger partial charge in [-0.25, -0.2) is 4.57 Å². The standard InChI is InChI=1S/C52H57Cl2N6O11PS/c1-27(2)44(57-40(61)15-5-4-10-16-58-41(62)19-39(73)47(58)65)46(64)55-28(3)45(63)56-35-17-36-42(33-13-8-6-11-31(33)35)29(20-53)22-59(36)48(66)50-24-51(26-52(50,51)25-50)49(67)60-23-30(21-54)43-34-14-9-7-12-32(34)38(18-37(43)60)71-72(68,69)70/h6-9,11-14,17-18,27-30,39,44,73H,4-5,10,15-16,19-26H2,1-3H3,(H,55,64)(H,56,63)(H,57,61)(H2,68,69,70). The van der Waals surface area contributed by atoms with Crippen molar-refractivity contribution >= 4 is 124 Å². The second kappa shape index (κ2) is 18.9. The van der Waals surface area contributed by atoms with E-state index in [0.29, 0.717) is 78.3 Å². The van der Waals surface area contributed by atoms with E-state index in [4.69, 9.17) is 27.7 Å². The predicted octanol–water partition coefficient (Wildman–Crippen LogP) is 6.87. The molecule has 7 amide bonds. The molecule has 3 saturated carbocycles. The molecule has 0 radical (unpaired) electrons. The van der Waals surface area contributed by atoms with Crippen LogP contribution in [0.2, 0.25) is 0 Å². The van der Waals surface area contributed by atoms with E-state index in [1.165, 1.54) is 11.0 Å². The summed E-state index contributed by atoms with van der Waals surface area (Å²) in [6, 6.07) is 15.9. The van der Waals surface area contributed by atoms with Crippen LogP contribution in [0.3, 0.4) is 0 Å². The summed E-state index contributed by atoms with van der Waals surface area (Å²) >= 11 is 17.3. The smallest absolute Gasteiger partial charge is 0.404 e. The quantitative estimate of drug-likeness (QED) is 0.0198. The van der Waals surface area contributed by atoms with Gasteiger partial charge in [0.2, 0.25) is 41.4 Å². The van der Waals surface area contributed by atoms with E-state index in [1.54, 1.807) is 48.8 Å². The number of likely N-dealkylation sites (tertiary alicyclic amines) is 1. The van der Waals surface area contributed by atoms with Gasteiger partial charge in [0.05, 0.1) is 27.5 Å². The van der Waals surface area contributed by atoms with Crippen LogP contribution in [0.25, 0.3) is 21.5 Å². The number of nitrogens with zero attached hydrogens (tertiary/aromatic N) is 3. The number of benzene rings is 4. The van der Waals surface area contributed by atoms with Crippen LogP contribution in [0.5, 0.6) is 5.75 Å². The highest BCUT2D eigenvalue weighted by atomic mass is 35.5. The number of phosphoric acid groups is 1. The molecule has 1 saturated heterocycles. The van der Waals surface area contributed by atoms with Crippen LogP contribution >= 0.6 is 43.7 Å². The van der Waals surface area contributed by atoms with Gasteiger partial charge in [-0.05, 0) is 72.9 Å². The Balaban J connectivity index is 0.820. The molecule has 386 valence electrons. The topological polar surface area (TPSA) is 232 Å². The Bertz CT molecular complexity index is 3100. The zero-order valence-electron chi connectivity index (χ0n) is 40.5. The summed E-state index contributed by atoms with van der Waals surface area (Å²) in [4.78, 5) is 119. The normalized spacial score (nSPS) is 26.2. The highest BCUT2D eigenvalue weighted by Crippen LogP contribution is 3.01. The fourth-order valence-electron chi connectivity index (χ4n) is 12.7. The van der Waals surface area contributed by atoms with Gasteiger partial charge >= 0.3 is 7.82 Å². The lowest BCUT2D eigenvalue weighted by Crippen LogP contribution is -2.53. The molecular weight excluding hydrogens is 1020 g/mol. The Morgan fingerprint density at radius 1 is 0.781 bits per heavy atom. The Morgan fingerprint density at radius 3 is 1.88 bits per heavy atom. The van der Waals surface area contributed by atoms with Gasteiger partial charge in [0.15, 0.2) is 0 Å². The number of hydrogen-bond donors (Lipinski definition) is 6. The third-order valence-corrected chi connectivity index (χ3v) is 18.0. The molecule has 10 rings (SSSR count). The zero-order valence-corrected chi connectivity index (χ0v) is 43.8. The van der Waals surface area contributed by atoms with E-state index in [1.807, 2.05) is 36.4 Å². The second-order valence-corrected chi connectivity index (χ2v) is 23.5. The number of thiol groups is 1. The SMILES string of the molecule is CC(NC(=O)C(NC(=O)CCCCCN1C(=O)CC(S)C1=O)C(C)C)C(=O)Nc1cc2c(c3ccccc13)C(CCl)CN2C(=O)C12CC3(C(=O)N4CC(CCl)c5c4cc(OP(=O)(O)O)c4ccccc54)CC13C2. The van der Waals surface area contributed by atoms with E-state index in [9.17, 15) is 43.1 Å². The van der Waals surface area contributed by atoms with Gasteiger partial charge < -0.3 is 30.3 Å². The van der Waals surface area contributed by atoms with Crippen molar-refractivity contribution < 1.29 is 52.4 Å². The number of carbonyl (C=O) groups excluding carboxylic acids is 7. The van der Waals surface area contributed by atoms with Crippen LogP contribution in [-0.2, 0) is 38.1 Å². The number of hydrogen-bond acceptors (Lipinski definition) is 10. The van der Waals surface area contributed by atoms with Crippen molar-refractivity contribution in [2.75, 3.05) is 46.5 Å². The molecule has 3 heterocycles. The number of carbonyl (C=O) groups is 7. The van der Waals surface area contributed by atoms with Crippen LogP contribution in [0, 0.1) is 22.2 Å². The van der Waals surface area contributed by atoms with Gasteiger partial charge in [0.25, 0.3) is 0 Å². The van der Waals surface area contributed by atoms with Gasteiger partial charge in [-0.3, -0.25) is 48.2 Å². The molecule has 4 aromatic carbocycles. The monoisotopic (exact) mass is 1070 g/mol. The number of phosphoric ester groups is 1. The first-order chi connectivity index (χ1) is 34.7. The van der Waals surface area contributed by atoms with Gasteiger partial charge in [-0.1, -0.05) is 68.8 Å². The highest BCUT2D eigenvalue weighted by Gasteiger charge is 3.01. The summed E-state index contributed by atoms with van der Waals surface area (Å²) in [5.41, 5.74) is 1.09. The minimum absolute atomic E-state index is 0.0456. The van der Waals surface area contributed by atoms with E-state index >= 15 is 4.79 Å². The van der Waals surface area contributed by atoms with E-state index in [2.05, 4.69) is 28.6 Å². The second-order valence-electron chi connectivity index (χ2n) is 21.1. The largest absolute Gasteiger partial charge is 0.524 e. The fourth-order valence-corrected chi connectivity index (χ4v) is 13.9. The maximum absolute atomic E-state index is 15.1. The number of nitrogens with one attached hydrogen (secondary N) is 3. The number of rotatable bonds is 18. The first-order valence-electron chi connectivity index (χ1n) is 24.7. The first-order valence-corrected chi connectivity index (χ1v) is 27.9. The third kappa shape index (κ3) is 8.48. The number of unbranched alkanes of at least 4 members (excludes halogenated alkanes) is 2. The number of imide groups is 1. The molecule has 8 unspecified atom stereocenters. The fraction of sp³-hybridized carbons (Fsp3) is 0.481. The molecule has 1 spiro atoms. The molecular formula is C52H57Cl2N6O11PS. The molecule has 21 heteroatoms. The Morgan fingerprint density at radius 2 is 1.34 bits per heavy atom. The maximum Gasteiger partial charge on any atom is 0.524 e. The van der Waals surface area contributed by atoms with Gasteiger partial charge in [0.1, 0.15) is 17.8 Å². The Labute approximate surface area is 437 Å². The Kier molecular flexibility index (Phi) is 13.2. The summed E-state index contributed by atoms with van der Waals surface area (Å²) in [7, 11) is -4.96. The van der Waals surface area contributed by atoms with Gasteiger partial charge in [-0.2, -0.15) is 12.6 Å². The molecule has 5 N–H and O–H groups in total. The van der Waals surface area contributed by atoms with Crippen LogP contribution in [0.1, 0.15) is 95.1 Å². The minimum Gasteiger partial charge on any atom is -0.404 e. The lowest BCUT2D eigenvalue weighted by molar-refractivity contribution is -0.138. The van der Waals surface area contributed by atoms with Gasteiger partial charge in [-0.15, -0.1) is 23.2 Å². The molecule has 8 atom stereocenters. The van der Waals surface area contributed by atoms with E-state index < -0.39 is 53.2 Å². The number of amides is 7. The van der Waals surface area contributed by atoms with Crippen LogP contribution in [0.15, 0.2) is 60.7 Å². The van der Waals surface area contributed by atoms with Crippen molar-refractivity contribution in [1.29, 1.82) is 0 Å². The number of halogens is 2. The molecule has 4 aromatic rings. The summed E-state index contributed by atoms with van der Waals surface area (Å²) < 4.78 is 17.2. The van der Waals surface area contributed by atoms with Crippen LogP contribution in [-0.4, -0.2) is 105 Å². The van der Waals surface area contributed by atoms with Gasteiger partial charge in [0, 0.05) is 84.0 Å². The van der Waals surface area contributed by atoms with E-state index in [-0.39, 0.29) is 90.7 Å². The molecule has 0 bridgehead atoms. The molecule has 3 aliphatic heterocycles. The highest BCUT2D eigenvalue weighted by molar-refractivity contribution is 7.81. The van der Waals surface area contributed by atoms with Crippen molar-refractivity contribution in [3.05, 3.63) is 71.8 Å². The lowest BCUT2D eigenvalue weighted by atomic mass is 9.72. The van der Waals surface area contributed by atoms with Crippen molar-refractivity contribution in [2.45, 2.75) is 101 Å².